The van der Waals surface area contributed by atoms with Crippen molar-refractivity contribution >= 4 is 69.1 Å². The fraction of sp³-hybridized carbons (Fsp3) is 0.156. The molecule has 0 N–H and O–H groups in total. The van der Waals surface area contributed by atoms with Gasteiger partial charge in [-0.25, -0.2) is 9.79 Å². The first-order chi connectivity index (χ1) is 20.7. The smallest absolute Gasteiger partial charge is 0.338 e. The second-order valence-electron chi connectivity index (χ2n) is 9.94. The van der Waals surface area contributed by atoms with Crippen LogP contribution >= 0.6 is 46.1 Å². The predicted octanol–water partition coefficient (Wildman–Crippen LogP) is 6.38. The molecule has 0 saturated heterocycles. The number of allylic oxidation sites excluding steroid dienone is 1. The molecular formula is C32H24Cl3N3O4S. The van der Waals surface area contributed by atoms with E-state index in [1.165, 1.54) is 30.1 Å². The quantitative estimate of drug-likeness (QED) is 0.200. The van der Waals surface area contributed by atoms with Gasteiger partial charge in [-0.05, 0) is 55.0 Å². The molecular weight excluding hydrogens is 629 g/mol. The first-order valence-corrected chi connectivity index (χ1v) is 15.1. The summed E-state index contributed by atoms with van der Waals surface area (Å²) in [5.41, 5.74) is 3.79. The molecule has 6 rings (SSSR count). The summed E-state index contributed by atoms with van der Waals surface area (Å²) in [6.07, 6.45) is 3.87. The summed E-state index contributed by atoms with van der Waals surface area (Å²) >= 11 is 20.0. The maximum Gasteiger partial charge on any atom is 0.338 e. The van der Waals surface area contributed by atoms with Gasteiger partial charge in [0.05, 0.1) is 40.1 Å². The van der Waals surface area contributed by atoms with Crippen molar-refractivity contribution < 1.29 is 14.3 Å². The number of fused-ring (bicyclic) bond motifs is 2. The molecule has 1 atom stereocenters. The average Bonchev–Trinajstić information content (AvgIpc) is 3.50. The molecule has 3 aromatic carbocycles. The van der Waals surface area contributed by atoms with E-state index in [1.807, 2.05) is 48.7 Å². The highest BCUT2D eigenvalue weighted by atomic mass is 35.5. The number of nitrogens with zero attached hydrogens (tertiary/aromatic N) is 3. The fourth-order valence-corrected chi connectivity index (χ4v) is 6.94. The normalized spacial score (nSPS) is 15.0. The maximum absolute atomic E-state index is 14.2. The van der Waals surface area contributed by atoms with Crippen LogP contribution in [0.5, 0.6) is 5.75 Å². The summed E-state index contributed by atoms with van der Waals surface area (Å²) in [5.74, 6) is -0.113. The lowest BCUT2D eigenvalue weighted by molar-refractivity contribution is -0.136. The molecule has 2 aromatic heterocycles. The highest BCUT2D eigenvalue weighted by Crippen LogP contribution is 2.37. The lowest BCUT2D eigenvalue weighted by Crippen LogP contribution is -2.40. The molecule has 43 heavy (non-hydrogen) atoms. The zero-order chi connectivity index (χ0) is 30.4. The zero-order valence-corrected chi connectivity index (χ0v) is 26.3. The highest BCUT2D eigenvalue weighted by Gasteiger charge is 2.35. The molecule has 0 aliphatic carbocycles. The predicted molar refractivity (Wildman–Crippen MR) is 171 cm³/mol. The number of carbonyl (C=O) groups excluding carboxylic acids is 1. The SMILES string of the molecule is COC(=O)C1=C(C)N=c2s/c(=C\c3cn(Cc4ccc(Cl)c(Cl)c4)c4ccccc34)c(=O)n2[C@@H]1c1cc(Cl)ccc1OC. The van der Waals surface area contributed by atoms with Gasteiger partial charge in [-0.3, -0.25) is 9.36 Å². The monoisotopic (exact) mass is 651 g/mol. The van der Waals surface area contributed by atoms with Crippen LogP contribution in [0.2, 0.25) is 15.1 Å². The largest absolute Gasteiger partial charge is 0.496 e. The second-order valence-corrected chi connectivity index (χ2v) is 12.2. The van der Waals surface area contributed by atoms with Crippen molar-refractivity contribution in [2.75, 3.05) is 14.2 Å². The molecule has 5 aromatic rings. The standard InChI is InChI=1S/C32H24Cl3N3O4S/c1-17-28(31(40)42-3)29(22-14-20(33)9-11-26(22)41-2)38-30(39)27(43-32(38)36-17)13-19-16-37(25-7-5-4-6-21(19)25)15-18-8-10-23(34)24(35)12-18/h4-14,16,29H,15H2,1-3H3/b27-13-/t29-/m1/s1. The molecule has 3 heterocycles. The molecule has 1 aliphatic rings. The Balaban J connectivity index is 1.54. The Kier molecular flexibility index (Phi) is 7.96. The van der Waals surface area contributed by atoms with Crippen LogP contribution in [0, 0.1) is 0 Å². The lowest BCUT2D eigenvalue weighted by atomic mass is 9.95. The van der Waals surface area contributed by atoms with Crippen LogP contribution in [0.25, 0.3) is 17.0 Å². The number of para-hydroxylation sites is 1. The number of halogens is 3. The first-order valence-electron chi connectivity index (χ1n) is 13.2. The Bertz CT molecular complexity index is 2150. The highest BCUT2D eigenvalue weighted by molar-refractivity contribution is 7.07. The van der Waals surface area contributed by atoms with Crippen molar-refractivity contribution in [3.8, 4) is 5.75 Å². The fourth-order valence-electron chi connectivity index (χ4n) is 5.40. The average molecular weight is 653 g/mol. The van der Waals surface area contributed by atoms with Crippen LogP contribution in [0.15, 0.2) is 87.9 Å². The molecule has 0 spiro atoms. The van der Waals surface area contributed by atoms with E-state index in [-0.39, 0.29) is 11.1 Å². The van der Waals surface area contributed by atoms with Gasteiger partial charge in [-0.1, -0.05) is 70.4 Å². The van der Waals surface area contributed by atoms with Gasteiger partial charge in [0.15, 0.2) is 4.80 Å². The Morgan fingerprint density at radius 1 is 1.05 bits per heavy atom. The van der Waals surface area contributed by atoms with E-state index in [0.717, 1.165) is 22.0 Å². The summed E-state index contributed by atoms with van der Waals surface area (Å²) in [6.45, 7) is 2.28. The summed E-state index contributed by atoms with van der Waals surface area (Å²) in [7, 11) is 2.83. The number of rotatable bonds is 6. The van der Waals surface area contributed by atoms with Crippen LogP contribution < -0.4 is 19.6 Å². The van der Waals surface area contributed by atoms with Crippen molar-refractivity contribution in [2.24, 2.45) is 4.99 Å². The van der Waals surface area contributed by atoms with E-state index >= 15 is 0 Å². The third kappa shape index (κ3) is 5.29. The van der Waals surface area contributed by atoms with Crippen LogP contribution in [0.1, 0.15) is 29.7 Å². The first kappa shape index (κ1) is 29.3. The number of hydrogen-bond donors (Lipinski definition) is 0. The minimum atomic E-state index is -0.851. The summed E-state index contributed by atoms with van der Waals surface area (Å²) < 4.78 is 14.8. The van der Waals surface area contributed by atoms with E-state index in [1.54, 1.807) is 31.2 Å². The molecule has 0 radical (unpaired) electrons. The van der Waals surface area contributed by atoms with Gasteiger partial charge in [0.1, 0.15) is 11.8 Å². The molecule has 0 bridgehead atoms. The van der Waals surface area contributed by atoms with Crippen LogP contribution in [0.4, 0.5) is 0 Å². The number of hydrogen-bond acceptors (Lipinski definition) is 6. The van der Waals surface area contributed by atoms with E-state index in [2.05, 4.69) is 9.56 Å². The molecule has 0 fully saturated rings. The molecule has 0 saturated carbocycles. The third-order valence-electron chi connectivity index (χ3n) is 7.36. The number of esters is 1. The Hall–Kier alpha value is -3.82. The number of aromatic nitrogens is 2. The van der Waals surface area contributed by atoms with Gasteiger partial charge in [0, 0.05) is 39.8 Å². The topological polar surface area (TPSA) is 74.8 Å². The number of ether oxygens (including phenoxy) is 2. The van der Waals surface area contributed by atoms with E-state index < -0.39 is 12.0 Å². The van der Waals surface area contributed by atoms with Crippen LogP contribution in [-0.4, -0.2) is 29.3 Å². The summed E-state index contributed by atoms with van der Waals surface area (Å²) in [6, 6.07) is 17.8. The maximum atomic E-state index is 14.2. The lowest BCUT2D eigenvalue weighted by Gasteiger charge is -2.25. The number of methoxy groups -OCH3 is 2. The molecule has 218 valence electrons. The van der Waals surface area contributed by atoms with Gasteiger partial charge in [-0.15, -0.1) is 0 Å². The van der Waals surface area contributed by atoms with E-state index in [0.29, 0.717) is 48.0 Å². The number of thiazole rings is 1. The molecule has 11 heteroatoms. The van der Waals surface area contributed by atoms with Gasteiger partial charge < -0.3 is 14.0 Å². The van der Waals surface area contributed by atoms with Gasteiger partial charge in [0.25, 0.3) is 5.56 Å². The van der Waals surface area contributed by atoms with Gasteiger partial charge in [0.2, 0.25) is 0 Å². The van der Waals surface area contributed by atoms with Crippen LogP contribution in [0.3, 0.4) is 0 Å². The van der Waals surface area contributed by atoms with Crippen molar-refractivity contribution in [3.05, 3.63) is 130 Å². The Morgan fingerprint density at radius 2 is 1.84 bits per heavy atom. The van der Waals surface area contributed by atoms with Crippen molar-refractivity contribution in [1.29, 1.82) is 0 Å². The molecule has 0 unspecified atom stereocenters. The Morgan fingerprint density at radius 3 is 2.58 bits per heavy atom. The number of carbonyl (C=O) groups is 1. The van der Waals surface area contributed by atoms with Crippen molar-refractivity contribution in [1.82, 2.24) is 9.13 Å². The molecule has 7 nitrogen and oxygen atoms in total. The van der Waals surface area contributed by atoms with Gasteiger partial charge in [-0.2, -0.15) is 0 Å². The third-order valence-corrected chi connectivity index (χ3v) is 9.31. The zero-order valence-electron chi connectivity index (χ0n) is 23.2. The van der Waals surface area contributed by atoms with Crippen molar-refractivity contribution in [3.63, 3.8) is 0 Å². The molecule has 0 amide bonds. The van der Waals surface area contributed by atoms with E-state index in [9.17, 15) is 9.59 Å². The van der Waals surface area contributed by atoms with Crippen LogP contribution in [-0.2, 0) is 16.1 Å². The minimum absolute atomic E-state index is 0.236. The van der Waals surface area contributed by atoms with Gasteiger partial charge >= 0.3 is 5.97 Å². The van der Waals surface area contributed by atoms with Crippen molar-refractivity contribution in [2.45, 2.75) is 19.5 Å². The number of benzene rings is 3. The second kappa shape index (κ2) is 11.7. The molecule has 1 aliphatic heterocycles. The summed E-state index contributed by atoms with van der Waals surface area (Å²) in [4.78, 5) is 32.3. The summed E-state index contributed by atoms with van der Waals surface area (Å²) in [5, 5.41) is 2.40. The Labute approximate surface area is 265 Å². The van der Waals surface area contributed by atoms with E-state index in [4.69, 9.17) is 44.3 Å². The minimum Gasteiger partial charge on any atom is -0.496 e.